The topological polar surface area (TPSA) is 158 Å². The van der Waals surface area contributed by atoms with Crippen LogP contribution in [0.5, 0.6) is 0 Å². The molecule has 2 aromatic carbocycles. The lowest BCUT2D eigenvalue weighted by molar-refractivity contribution is -0.143. The highest BCUT2D eigenvalue weighted by Crippen LogP contribution is 2.23. The van der Waals surface area contributed by atoms with Crippen LogP contribution in [0.4, 0.5) is 0 Å². The Kier molecular flexibility index (Phi) is 14.5. The van der Waals surface area contributed by atoms with Gasteiger partial charge in [0.05, 0.1) is 37.5 Å². The standard InChI is InChI=1S/C28H30N4O6S2/c1-37-27(35)23(31-13-11-25(33)21-7-3-19(15-29)4-8-21)17-39-40-18-24(28(36)38-2)32-14-12-26(34)22-9-5-20(16-30)6-10-22/h3-10,23-24,31-32H,11-14,17-18H2,1-2H3. The Morgan fingerprint density at radius 2 is 1.05 bits per heavy atom. The summed E-state index contributed by atoms with van der Waals surface area (Å²) in [5, 5.41) is 23.8. The molecule has 12 heteroatoms. The monoisotopic (exact) mass is 582 g/mol. The number of benzene rings is 2. The molecule has 2 atom stereocenters. The van der Waals surface area contributed by atoms with E-state index in [1.807, 2.05) is 12.1 Å². The van der Waals surface area contributed by atoms with E-state index in [-0.39, 0.29) is 37.5 Å². The zero-order chi connectivity index (χ0) is 29.3. The minimum absolute atomic E-state index is 0.118. The Morgan fingerprint density at radius 3 is 1.35 bits per heavy atom. The summed E-state index contributed by atoms with van der Waals surface area (Å²) in [6, 6.07) is 15.4. The van der Waals surface area contributed by atoms with Crippen LogP contribution in [0.3, 0.4) is 0 Å². The SMILES string of the molecule is COC(=O)C(CSSCC(NCCC(=O)c1ccc(C#N)cc1)C(=O)OC)NCCC(=O)c1ccc(C#N)cc1. The first-order chi connectivity index (χ1) is 19.3. The second-order valence-electron chi connectivity index (χ2n) is 8.35. The number of carbonyl (C=O) groups is 4. The fourth-order valence-electron chi connectivity index (χ4n) is 3.41. The van der Waals surface area contributed by atoms with Gasteiger partial charge < -0.3 is 20.1 Å². The van der Waals surface area contributed by atoms with Gasteiger partial charge in [-0.05, 0) is 24.3 Å². The van der Waals surface area contributed by atoms with E-state index < -0.39 is 24.0 Å². The third kappa shape index (κ3) is 10.8. The van der Waals surface area contributed by atoms with Gasteiger partial charge in [-0.3, -0.25) is 19.2 Å². The summed E-state index contributed by atoms with van der Waals surface area (Å²) in [5.74, 6) is -0.522. The quantitative estimate of drug-likeness (QED) is 0.122. The van der Waals surface area contributed by atoms with Crippen LogP contribution in [0.2, 0.25) is 0 Å². The largest absolute Gasteiger partial charge is 0.468 e. The minimum Gasteiger partial charge on any atom is -0.468 e. The number of nitriles is 2. The zero-order valence-electron chi connectivity index (χ0n) is 22.2. The first kappa shape index (κ1) is 32.5. The van der Waals surface area contributed by atoms with Crippen LogP contribution in [0.25, 0.3) is 0 Å². The van der Waals surface area contributed by atoms with E-state index in [0.29, 0.717) is 33.8 Å². The third-order valence-electron chi connectivity index (χ3n) is 5.68. The molecule has 0 fully saturated rings. The predicted octanol–water partition coefficient (Wildman–Crippen LogP) is 2.92. The first-order valence-corrected chi connectivity index (χ1v) is 14.7. The number of nitrogens with one attached hydrogen (secondary N) is 2. The van der Waals surface area contributed by atoms with Crippen molar-refractivity contribution in [2.45, 2.75) is 24.9 Å². The lowest BCUT2D eigenvalue weighted by Crippen LogP contribution is -2.41. The van der Waals surface area contributed by atoms with Gasteiger partial charge >= 0.3 is 11.9 Å². The van der Waals surface area contributed by atoms with Crippen molar-refractivity contribution in [3.05, 3.63) is 70.8 Å². The summed E-state index contributed by atoms with van der Waals surface area (Å²) in [5.41, 5.74) is 1.91. The van der Waals surface area contributed by atoms with Gasteiger partial charge in [-0.15, -0.1) is 0 Å². The van der Waals surface area contributed by atoms with Crippen molar-refractivity contribution in [2.75, 3.05) is 38.8 Å². The molecule has 40 heavy (non-hydrogen) atoms. The molecule has 210 valence electrons. The van der Waals surface area contributed by atoms with Gasteiger partial charge in [-0.25, -0.2) is 0 Å². The van der Waals surface area contributed by atoms with Crippen LogP contribution in [0.1, 0.15) is 44.7 Å². The summed E-state index contributed by atoms with van der Waals surface area (Å²) < 4.78 is 9.73. The third-order valence-corrected chi connectivity index (χ3v) is 8.10. The van der Waals surface area contributed by atoms with Crippen molar-refractivity contribution < 1.29 is 28.7 Å². The molecule has 10 nitrogen and oxygen atoms in total. The normalized spacial score (nSPS) is 11.9. The summed E-state index contributed by atoms with van der Waals surface area (Å²) in [6.45, 7) is 0.507. The predicted molar refractivity (Wildman–Crippen MR) is 153 cm³/mol. The minimum atomic E-state index is -0.661. The van der Waals surface area contributed by atoms with Crippen molar-refractivity contribution in [1.29, 1.82) is 10.5 Å². The van der Waals surface area contributed by atoms with Gasteiger partial charge in [0.2, 0.25) is 0 Å². The second kappa shape index (κ2) is 17.8. The zero-order valence-corrected chi connectivity index (χ0v) is 23.8. The molecule has 2 N–H and O–H groups in total. The van der Waals surface area contributed by atoms with Crippen molar-refractivity contribution >= 4 is 45.1 Å². The number of methoxy groups -OCH3 is 2. The Labute approximate surface area is 241 Å². The van der Waals surface area contributed by atoms with Crippen LogP contribution in [0, 0.1) is 22.7 Å². The average molecular weight is 583 g/mol. The van der Waals surface area contributed by atoms with E-state index in [0.717, 1.165) is 0 Å². The van der Waals surface area contributed by atoms with Gasteiger partial charge in [-0.2, -0.15) is 10.5 Å². The van der Waals surface area contributed by atoms with Gasteiger partial charge in [0, 0.05) is 48.6 Å². The highest BCUT2D eigenvalue weighted by molar-refractivity contribution is 8.76. The fraction of sp³-hybridized carbons (Fsp3) is 0.357. The maximum atomic E-state index is 12.4. The Hall–Kier alpha value is -3.68. The Morgan fingerprint density at radius 1 is 0.700 bits per heavy atom. The molecular weight excluding hydrogens is 552 g/mol. The molecule has 0 aliphatic carbocycles. The summed E-state index contributed by atoms with van der Waals surface area (Å²) in [6.07, 6.45) is 0.319. The summed E-state index contributed by atoms with van der Waals surface area (Å²) >= 11 is 0. The van der Waals surface area contributed by atoms with Crippen LogP contribution >= 0.6 is 21.6 Å². The average Bonchev–Trinajstić information content (AvgIpc) is 3.00. The Balaban J connectivity index is 1.78. The number of esters is 2. The molecule has 2 aromatic rings. The number of Topliss-reactive ketones (excluding diaryl/α,β-unsaturated/α-hetero) is 2. The van der Waals surface area contributed by atoms with E-state index >= 15 is 0 Å². The van der Waals surface area contributed by atoms with E-state index in [9.17, 15) is 19.2 Å². The maximum Gasteiger partial charge on any atom is 0.323 e. The van der Waals surface area contributed by atoms with Crippen molar-refractivity contribution in [3.8, 4) is 12.1 Å². The summed E-state index contributed by atoms with van der Waals surface area (Å²) in [4.78, 5) is 49.2. The van der Waals surface area contributed by atoms with Gasteiger partial charge in [0.15, 0.2) is 11.6 Å². The number of ketones is 2. The van der Waals surface area contributed by atoms with Crippen molar-refractivity contribution in [1.82, 2.24) is 10.6 Å². The molecule has 0 heterocycles. The number of rotatable bonds is 17. The molecule has 0 bridgehead atoms. The van der Waals surface area contributed by atoms with Gasteiger partial charge in [0.25, 0.3) is 0 Å². The van der Waals surface area contributed by atoms with Crippen LogP contribution in [-0.2, 0) is 19.1 Å². The van der Waals surface area contributed by atoms with Gasteiger partial charge in [0.1, 0.15) is 12.1 Å². The van der Waals surface area contributed by atoms with Crippen LogP contribution in [-0.4, -0.2) is 74.4 Å². The number of nitrogens with zero attached hydrogens (tertiary/aromatic N) is 2. The lowest BCUT2D eigenvalue weighted by Gasteiger charge is -2.18. The number of hydrogen-bond acceptors (Lipinski definition) is 12. The molecule has 0 radical (unpaired) electrons. The molecule has 0 spiro atoms. The molecule has 0 aromatic heterocycles. The molecular formula is C28H30N4O6S2. The molecule has 0 aliphatic heterocycles. The smallest absolute Gasteiger partial charge is 0.323 e. The van der Waals surface area contributed by atoms with Crippen LogP contribution < -0.4 is 10.6 Å². The lowest BCUT2D eigenvalue weighted by atomic mass is 10.1. The molecule has 0 saturated carbocycles. The molecule has 0 aliphatic rings. The Bertz CT molecular complexity index is 1140. The van der Waals surface area contributed by atoms with E-state index in [1.54, 1.807) is 48.5 Å². The molecule has 0 saturated heterocycles. The van der Waals surface area contributed by atoms with Crippen molar-refractivity contribution in [2.24, 2.45) is 0 Å². The molecule has 2 unspecified atom stereocenters. The highest BCUT2D eigenvalue weighted by Gasteiger charge is 2.22. The number of carbonyl (C=O) groups excluding carboxylic acids is 4. The number of hydrogen-bond donors (Lipinski definition) is 2. The molecule has 2 rings (SSSR count). The van der Waals surface area contributed by atoms with E-state index in [4.69, 9.17) is 20.0 Å². The van der Waals surface area contributed by atoms with E-state index in [2.05, 4.69) is 10.6 Å². The maximum absolute atomic E-state index is 12.4. The second-order valence-corrected chi connectivity index (χ2v) is 10.9. The van der Waals surface area contributed by atoms with E-state index in [1.165, 1.54) is 35.8 Å². The summed E-state index contributed by atoms with van der Waals surface area (Å²) in [7, 11) is 5.28. The van der Waals surface area contributed by atoms with Crippen molar-refractivity contribution in [3.63, 3.8) is 0 Å². The highest BCUT2D eigenvalue weighted by atomic mass is 33.1. The number of ether oxygens (including phenoxy) is 2. The van der Waals surface area contributed by atoms with Gasteiger partial charge in [-0.1, -0.05) is 45.9 Å². The van der Waals surface area contributed by atoms with Crippen LogP contribution in [0.15, 0.2) is 48.5 Å². The first-order valence-electron chi connectivity index (χ1n) is 12.3. The molecule has 0 amide bonds. The fourth-order valence-corrected chi connectivity index (χ4v) is 5.77.